The van der Waals surface area contributed by atoms with Crippen molar-refractivity contribution >= 4 is 23.9 Å². The van der Waals surface area contributed by atoms with Gasteiger partial charge in [0.25, 0.3) is 5.91 Å². The van der Waals surface area contributed by atoms with E-state index < -0.39 is 57.9 Å². The fourth-order valence-corrected chi connectivity index (χ4v) is 3.10. The Morgan fingerprint density at radius 3 is 2.03 bits per heavy atom. The molecule has 12 heteroatoms. The predicted molar refractivity (Wildman–Crippen MR) is 115 cm³/mol. The van der Waals surface area contributed by atoms with Crippen molar-refractivity contribution in [2.45, 2.75) is 71.4 Å². The number of hydrazone groups is 1. The van der Waals surface area contributed by atoms with Gasteiger partial charge in [-0.1, -0.05) is 18.2 Å². The monoisotopic (exact) mass is 487 g/mol. The van der Waals surface area contributed by atoms with Crippen LogP contribution in [0.5, 0.6) is 0 Å². The van der Waals surface area contributed by atoms with Gasteiger partial charge in [0.2, 0.25) is 5.54 Å². The second kappa shape index (κ2) is 8.80. The third-order valence-corrected chi connectivity index (χ3v) is 4.43. The van der Waals surface area contributed by atoms with Crippen LogP contribution in [0.25, 0.3) is 0 Å². The molecule has 0 N–H and O–H groups in total. The molecule has 1 heterocycles. The largest absolute Gasteiger partial charge is 0.534 e. The van der Waals surface area contributed by atoms with E-state index in [0.29, 0.717) is 0 Å². The van der Waals surface area contributed by atoms with E-state index in [2.05, 4.69) is 5.10 Å². The summed E-state index contributed by atoms with van der Waals surface area (Å²) in [6.45, 7) is 10.3. The van der Waals surface area contributed by atoms with Gasteiger partial charge in [-0.3, -0.25) is 9.63 Å². The van der Waals surface area contributed by atoms with E-state index in [4.69, 9.17) is 14.3 Å². The first-order chi connectivity index (χ1) is 15.3. The van der Waals surface area contributed by atoms with Crippen molar-refractivity contribution in [2.24, 2.45) is 5.10 Å². The van der Waals surface area contributed by atoms with Crippen LogP contribution in [0, 0.1) is 0 Å². The van der Waals surface area contributed by atoms with Gasteiger partial charge in [-0.15, -0.1) is 5.06 Å². The fourth-order valence-electron chi connectivity index (χ4n) is 3.10. The summed E-state index contributed by atoms with van der Waals surface area (Å²) >= 11 is 0. The van der Waals surface area contributed by atoms with Crippen molar-refractivity contribution < 1.29 is 41.9 Å². The molecule has 0 fully saturated rings. The molecule has 9 nitrogen and oxygen atoms in total. The summed E-state index contributed by atoms with van der Waals surface area (Å²) in [5.74, 6) is -0.936. The number of nitrogens with zero attached hydrogens (tertiary/aromatic N) is 3. The summed E-state index contributed by atoms with van der Waals surface area (Å²) in [4.78, 5) is 43.8. The minimum absolute atomic E-state index is 0.268. The maximum Gasteiger partial charge on any atom is 0.534 e. The van der Waals surface area contributed by atoms with Crippen molar-refractivity contribution in [3.8, 4) is 0 Å². The first-order valence-corrected chi connectivity index (χ1v) is 10.3. The number of carbonyl (C=O) groups excluding carboxylic acids is 3. The number of hydrogen-bond acceptors (Lipinski definition) is 7. The summed E-state index contributed by atoms with van der Waals surface area (Å²) in [6, 6.07) is 4.41. The third kappa shape index (κ3) is 5.78. The summed E-state index contributed by atoms with van der Waals surface area (Å²) in [7, 11) is 1.20. The number of likely N-dealkylation sites (N-methyl/N-ethyl adjacent to an activating group) is 1. The number of ether oxygens (including phenoxy) is 2. The van der Waals surface area contributed by atoms with Gasteiger partial charge in [0.05, 0.1) is 5.56 Å². The molecule has 1 aromatic carbocycles. The van der Waals surface area contributed by atoms with Crippen LogP contribution in [0.1, 0.15) is 59.6 Å². The molecule has 0 spiro atoms. The molecular formula is C22H28F3N3O6. The lowest BCUT2D eigenvalue weighted by Crippen LogP contribution is -2.61. The van der Waals surface area contributed by atoms with E-state index in [1.165, 1.54) is 60.7 Å². The molecule has 0 saturated carbocycles. The topological polar surface area (TPSA) is 97.7 Å². The average molecular weight is 487 g/mol. The molecule has 0 radical (unpaired) electrons. The summed E-state index contributed by atoms with van der Waals surface area (Å²) < 4.78 is 51.6. The van der Waals surface area contributed by atoms with Crippen LogP contribution in [0.2, 0.25) is 0 Å². The Kier molecular flexibility index (Phi) is 6.97. The SMILES string of the molecule is CN1N=C(c2ccccc2C(F)(F)F)C(C)(N(OC(=O)OC(C)(C)C)C(=O)OC(C)(C)C)C1=O. The molecule has 1 aliphatic rings. The molecule has 2 amide bonds. The Morgan fingerprint density at radius 1 is 1.00 bits per heavy atom. The zero-order chi connectivity index (χ0) is 26.3. The summed E-state index contributed by atoms with van der Waals surface area (Å²) in [5.41, 5.74) is -6.48. The van der Waals surface area contributed by atoms with Crippen LogP contribution < -0.4 is 0 Å². The molecule has 0 aliphatic carbocycles. The van der Waals surface area contributed by atoms with Crippen molar-refractivity contribution in [2.75, 3.05) is 7.05 Å². The molecule has 0 aromatic heterocycles. The Labute approximate surface area is 195 Å². The van der Waals surface area contributed by atoms with E-state index >= 15 is 0 Å². The minimum Gasteiger partial charge on any atom is -0.442 e. The molecule has 1 aliphatic heterocycles. The smallest absolute Gasteiger partial charge is 0.442 e. The van der Waals surface area contributed by atoms with E-state index in [-0.39, 0.29) is 5.06 Å². The minimum atomic E-state index is -4.80. The Hall–Kier alpha value is -3.31. The van der Waals surface area contributed by atoms with Gasteiger partial charge >= 0.3 is 18.4 Å². The predicted octanol–water partition coefficient (Wildman–Crippen LogP) is 4.74. The van der Waals surface area contributed by atoms with Gasteiger partial charge in [-0.2, -0.15) is 18.3 Å². The molecular weight excluding hydrogens is 459 g/mol. The number of carbonyl (C=O) groups is 3. The van der Waals surface area contributed by atoms with Gasteiger partial charge in [-0.05, 0) is 54.5 Å². The molecule has 1 aromatic rings. The lowest BCUT2D eigenvalue weighted by atomic mass is 9.87. The lowest BCUT2D eigenvalue weighted by molar-refractivity contribution is -0.176. The van der Waals surface area contributed by atoms with Crippen LogP contribution in [0.3, 0.4) is 0 Å². The maximum atomic E-state index is 13.8. The molecule has 1 unspecified atom stereocenters. The zero-order valence-electron chi connectivity index (χ0n) is 20.2. The van der Waals surface area contributed by atoms with Crippen LogP contribution in [-0.2, 0) is 25.3 Å². The third-order valence-electron chi connectivity index (χ3n) is 4.43. The quantitative estimate of drug-likeness (QED) is 0.441. The molecule has 0 bridgehead atoms. The van der Waals surface area contributed by atoms with Gasteiger partial charge in [0, 0.05) is 12.6 Å². The zero-order valence-corrected chi connectivity index (χ0v) is 20.2. The lowest BCUT2D eigenvalue weighted by Gasteiger charge is -2.36. The number of rotatable bonds is 2. The molecule has 188 valence electrons. The van der Waals surface area contributed by atoms with Gasteiger partial charge in [0.15, 0.2) is 0 Å². The number of hydroxylamine groups is 2. The van der Waals surface area contributed by atoms with Gasteiger partial charge in [0.1, 0.15) is 16.9 Å². The second-order valence-corrected chi connectivity index (χ2v) is 9.72. The Balaban J connectivity index is 2.69. The summed E-state index contributed by atoms with van der Waals surface area (Å²) in [6.07, 6.45) is -7.47. The number of benzene rings is 1. The molecule has 0 saturated heterocycles. The first-order valence-electron chi connectivity index (χ1n) is 10.3. The standard InChI is InChI=1S/C22H28F3N3O6/c1-19(2,3)32-17(30)28(34-18(31)33-20(4,5)6)21(7)15(26-27(8)16(21)29)13-11-9-10-12-14(13)22(23,24)25/h9-12H,1-8H3. The first kappa shape index (κ1) is 26.9. The molecule has 34 heavy (non-hydrogen) atoms. The normalized spacial score (nSPS) is 19.0. The van der Waals surface area contributed by atoms with Crippen molar-refractivity contribution in [1.82, 2.24) is 10.1 Å². The number of alkyl halides is 3. The highest BCUT2D eigenvalue weighted by Gasteiger charge is 2.58. The number of halogens is 3. The highest BCUT2D eigenvalue weighted by molar-refractivity contribution is 6.24. The van der Waals surface area contributed by atoms with Crippen LogP contribution in [0.4, 0.5) is 22.8 Å². The Bertz CT molecular complexity index is 1010. The highest BCUT2D eigenvalue weighted by Crippen LogP contribution is 2.38. The Morgan fingerprint density at radius 2 is 1.53 bits per heavy atom. The van der Waals surface area contributed by atoms with Crippen LogP contribution in [0.15, 0.2) is 29.4 Å². The van der Waals surface area contributed by atoms with Crippen molar-refractivity contribution in [1.29, 1.82) is 0 Å². The summed E-state index contributed by atoms with van der Waals surface area (Å²) in [5, 5.41) is 5.00. The fraction of sp³-hybridized carbons (Fsp3) is 0.545. The molecule has 1 atom stereocenters. The maximum absolute atomic E-state index is 13.8. The molecule has 2 rings (SSSR count). The van der Waals surface area contributed by atoms with Crippen molar-refractivity contribution in [3.05, 3.63) is 35.4 Å². The van der Waals surface area contributed by atoms with Crippen LogP contribution >= 0.6 is 0 Å². The van der Waals surface area contributed by atoms with E-state index in [1.54, 1.807) is 0 Å². The van der Waals surface area contributed by atoms with Gasteiger partial charge < -0.3 is 9.47 Å². The van der Waals surface area contributed by atoms with E-state index in [0.717, 1.165) is 24.1 Å². The van der Waals surface area contributed by atoms with Crippen LogP contribution in [-0.4, -0.2) is 57.7 Å². The highest BCUT2D eigenvalue weighted by atomic mass is 19.4. The number of amides is 2. The van der Waals surface area contributed by atoms with Gasteiger partial charge in [-0.25, -0.2) is 14.6 Å². The average Bonchev–Trinajstić information content (AvgIpc) is 2.87. The van der Waals surface area contributed by atoms with E-state index in [9.17, 15) is 27.6 Å². The van der Waals surface area contributed by atoms with E-state index in [1.807, 2.05) is 0 Å². The number of hydrogen-bond donors (Lipinski definition) is 0. The van der Waals surface area contributed by atoms with Crippen molar-refractivity contribution in [3.63, 3.8) is 0 Å². The second-order valence-electron chi connectivity index (χ2n) is 9.72.